The quantitative estimate of drug-likeness (QED) is 0.867. The van der Waals surface area contributed by atoms with Crippen LogP contribution in [0, 0.1) is 12.8 Å². The van der Waals surface area contributed by atoms with E-state index in [4.69, 9.17) is 10.3 Å². The zero-order valence-corrected chi connectivity index (χ0v) is 10.7. The van der Waals surface area contributed by atoms with Crippen molar-refractivity contribution >= 4 is 18.3 Å². The molecule has 1 aliphatic rings. The van der Waals surface area contributed by atoms with Crippen molar-refractivity contribution in [2.75, 3.05) is 19.6 Å². The molecule has 1 aromatic rings. The maximum atomic E-state index is 12.0. The van der Waals surface area contributed by atoms with E-state index in [1.54, 1.807) is 17.9 Å². The molecule has 1 aromatic heterocycles. The van der Waals surface area contributed by atoms with Gasteiger partial charge in [0.15, 0.2) is 0 Å². The fourth-order valence-corrected chi connectivity index (χ4v) is 2.06. The van der Waals surface area contributed by atoms with E-state index in [2.05, 4.69) is 5.16 Å². The van der Waals surface area contributed by atoms with Crippen molar-refractivity contribution in [3.05, 3.63) is 17.5 Å². The maximum Gasteiger partial charge on any atom is 0.292 e. The van der Waals surface area contributed by atoms with E-state index < -0.39 is 0 Å². The molecule has 0 saturated carbocycles. The van der Waals surface area contributed by atoms with Gasteiger partial charge in [0.1, 0.15) is 0 Å². The Morgan fingerprint density at radius 3 is 3.06 bits per heavy atom. The third-order valence-corrected chi connectivity index (χ3v) is 2.98. The summed E-state index contributed by atoms with van der Waals surface area (Å²) < 4.78 is 4.98. The minimum atomic E-state index is -0.0706. The summed E-state index contributed by atoms with van der Waals surface area (Å²) in [6.07, 6.45) is 2.12. The molecule has 0 radical (unpaired) electrons. The molecule has 0 aromatic carbocycles. The van der Waals surface area contributed by atoms with E-state index in [-0.39, 0.29) is 18.3 Å². The number of aryl methyl sites for hydroxylation is 1. The Labute approximate surface area is 107 Å². The number of aromatic nitrogens is 1. The van der Waals surface area contributed by atoms with Crippen molar-refractivity contribution in [1.82, 2.24) is 10.1 Å². The van der Waals surface area contributed by atoms with Gasteiger partial charge in [0.25, 0.3) is 5.91 Å². The Hall–Kier alpha value is -1.07. The standard InChI is InChI=1S/C11H17N3O2.ClH/c1-8-5-10(16-13-8)11(15)14-4-2-3-9(6-12)7-14;/h5,9H,2-4,6-7,12H2,1H3;1H. The van der Waals surface area contributed by atoms with E-state index in [9.17, 15) is 4.79 Å². The molecule has 96 valence electrons. The third-order valence-electron chi connectivity index (χ3n) is 2.98. The van der Waals surface area contributed by atoms with Gasteiger partial charge in [0.05, 0.1) is 5.69 Å². The molecule has 1 unspecified atom stereocenters. The predicted octanol–water partition coefficient (Wildman–Crippen LogP) is 1.22. The first-order valence-electron chi connectivity index (χ1n) is 5.63. The average molecular weight is 260 g/mol. The summed E-state index contributed by atoms with van der Waals surface area (Å²) in [5.41, 5.74) is 6.37. The Balaban J connectivity index is 0.00000144. The SMILES string of the molecule is Cc1cc(C(=O)N2CCCC(CN)C2)on1.Cl. The number of nitrogens with two attached hydrogens (primary N) is 1. The lowest BCUT2D eigenvalue weighted by molar-refractivity contribution is 0.0636. The highest BCUT2D eigenvalue weighted by molar-refractivity contribution is 5.91. The Morgan fingerprint density at radius 2 is 2.47 bits per heavy atom. The molecule has 17 heavy (non-hydrogen) atoms. The molecule has 1 saturated heterocycles. The van der Waals surface area contributed by atoms with Gasteiger partial charge in [0, 0.05) is 19.2 Å². The van der Waals surface area contributed by atoms with Gasteiger partial charge in [-0.05, 0) is 32.2 Å². The second-order valence-corrected chi connectivity index (χ2v) is 4.33. The summed E-state index contributed by atoms with van der Waals surface area (Å²) in [4.78, 5) is 13.8. The number of carbonyl (C=O) groups excluding carboxylic acids is 1. The molecule has 2 heterocycles. The summed E-state index contributed by atoms with van der Waals surface area (Å²) in [6, 6.07) is 1.67. The van der Waals surface area contributed by atoms with Crippen molar-refractivity contribution in [3.63, 3.8) is 0 Å². The molecule has 1 aliphatic heterocycles. The summed E-state index contributed by atoms with van der Waals surface area (Å²) in [5, 5.41) is 3.72. The maximum absolute atomic E-state index is 12.0. The number of amides is 1. The van der Waals surface area contributed by atoms with Crippen LogP contribution in [0.5, 0.6) is 0 Å². The number of hydrogen-bond donors (Lipinski definition) is 1. The monoisotopic (exact) mass is 259 g/mol. The van der Waals surface area contributed by atoms with Gasteiger partial charge < -0.3 is 15.2 Å². The number of hydrogen-bond acceptors (Lipinski definition) is 4. The topological polar surface area (TPSA) is 72.4 Å². The largest absolute Gasteiger partial charge is 0.351 e. The van der Waals surface area contributed by atoms with Crippen LogP contribution in [-0.2, 0) is 0 Å². The first-order chi connectivity index (χ1) is 7.70. The number of rotatable bonds is 2. The van der Waals surface area contributed by atoms with Gasteiger partial charge in [-0.3, -0.25) is 4.79 Å². The van der Waals surface area contributed by atoms with Crippen LogP contribution in [0.1, 0.15) is 29.1 Å². The lowest BCUT2D eigenvalue weighted by Crippen LogP contribution is -2.41. The molecule has 0 bridgehead atoms. The number of halogens is 1. The number of piperidine rings is 1. The van der Waals surface area contributed by atoms with Crippen LogP contribution >= 0.6 is 12.4 Å². The predicted molar refractivity (Wildman–Crippen MR) is 66.2 cm³/mol. The van der Waals surface area contributed by atoms with Crippen LogP contribution in [0.4, 0.5) is 0 Å². The van der Waals surface area contributed by atoms with E-state index in [1.807, 2.05) is 0 Å². The zero-order valence-electron chi connectivity index (χ0n) is 9.89. The fraction of sp³-hybridized carbons (Fsp3) is 0.636. The first-order valence-corrected chi connectivity index (χ1v) is 5.63. The van der Waals surface area contributed by atoms with Crippen LogP contribution in [0.25, 0.3) is 0 Å². The van der Waals surface area contributed by atoms with E-state index in [0.717, 1.165) is 31.6 Å². The highest BCUT2D eigenvalue weighted by atomic mass is 35.5. The minimum absolute atomic E-state index is 0. The average Bonchev–Trinajstić information content (AvgIpc) is 2.75. The van der Waals surface area contributed by atoms with Gasteiger partial charge in [-0.1, -0.05) is 5.16 Å². The molecule has 6 heteroatoms. The van der Waals surface area contributed by atoms with Crippen molar-refractivity contribution in [2.24, 2.45) is 11.7 Å². The Kier molecular flexibility index (Phi) is 4.96. The molecular weight excluding hydrogens is 242 g/mol. The normalized spacial score (nSPS) is 19.9. The Bertz CT molecular complexity index is 381. The van der Waals surface area contributed by atoms with Crippen LogP contribution in [-0.4, -0.2) is 35.6 Å². The molecule has 1 amide bonds. The van der Waals surface area contributed by atoms with E-state index in [0.29, 0.717) is 18.2 Å². The van der Waals surface area contributed by atoms with E-state index in [1.165, 1.54) is 0 Å². The summed E-state index contributed by atoms with van der Waals surface area (Å²) in [7, 11) is 0. The number of nitrogens with zero attached hydrogens (tertiary/aromatic N) is 2. The van der Waals surface area contributed by atoms with Crippen LogP contribution < -0.4 is 5.73 Å². The second kappa shape index (κ2) is 6.02. The third kappa shape index (κ3) is 3.20. The number of carbonyl (C=O) groups is 1. The first kappa shape index (κ1) is 14.0. The van der Waals surface area contributed by atoms with Crippen LogP contribution in [0.3, 0.4) is 0 Å². The second-order valence-electron chi connectivity index (χ2n) is 4.33. The lowest BCUT2D eigenvalue weighted by atomic mass is 9.98. The molecule has 5 nitrogen and oxygen atoms in total. The molecule has 2 rings (SSSR count). The summed E-state index contributed by atoms with van der Waals surface area (Å²) >= 11 is 0. The molecule has 1 atom stereocenters. The molecule has 2 N–H and O–H groups in total. The van der Waals surface area contributed by atoms with Crippen molar-refractivity contribution in [2.45, 2.75) is 19.8 Å². The van der Waals surface area contributed by atoms with Gasteiger partial charge >= 0.3 is 0 Å². The van der Waals surface area contributed by atoms with Crippen LogP contribution in [0.2, 0.25) is 0 Å². The minimum Gasteiger partial charge on any atom is -0.351 e. The van der Waals surface area contributed by atoms with Crippen LogP contribution in [0.15, 0.2) is 10.6 Å². The highest BCUT2D eigenvalue weighted by Gasteiger charge is 2.25. The highest BCUT2D eigenvalue weighted by Crippen LogP contribution is 2.17. The van der Waals surface area contributed by atoms with Gasteiger partial charge in [-0.25, -0.2) is 0 Å². The molecule has 0 aliphatic carbocycles. The van der Waals surface area contributed by atoms with Gasteiger partial charge in [-0.2, -0.15) is 0 Å². The summed E-state index contributed by atoms with van der Waals surface area (Å²) in [5.74, 6) is 0.677. The van der Waals surface area contributed by atoms with Crippen molar-refractivity contribution < 1.29 is 9.32 Å². The summed E-state index contributed by atoms with van der Waals surface area (Å²) in [6.45, 7) is 3.96. The van der Waals surface area contributed by atoms with E-state index >= 15 is 0 Å². The fourth-order valence-electron chi connectivity index (χ4n) is 2.06. The van der Waals surface area contributed by atoms with Crippen molar-refractivity contribution in [3.8, 4) is 0 Å². The molecular formula is C11H18ClN3O2. The van der Waals surface area contributed by atoms with Crippen molar-refractivity contribution in [1.29, 1.82) is 0 Å². The Morgan fingerprint density at radius 1 is 1.71 bits per heavy atom. The van der Waals surface area contributed by atoms with Gasteiger partial charge in [0.2, 0.25) is 5.76 Å². The zero-order chi connectivity index (χ0) is 11.5. The smallest absolute Gasteiger partial charge is 0.292 e. The molecule has 0 spiro atoms. The lowest BCUT2D eigenvalue weighted by Gasteiger charge is -2.31. The molecule has 1 fully saturated rings. The number of likely N-dealkylation sites (tertiary alicyclic amines) is 1. The van der Waals surface area contributed by atoms with Gasteiger partial charge in [-0.15, -0.1) is 12.4 Å².